The van der Waals surface area contributed by atoms with Crippen molar-refractivity contribution in [3.63, 3.8) is 0 Å². The van der Waals surface area contributed by atoms with Crippen molar-refractivity contribution < 1.29 is 24.5 Å². The molecule has 8 aromatic rings. The van der Waals surface area contributed by atoms with Crippen LogP contribution in [0.15, 0.2) is 156 Å². The predicted octanol–water partition coefficient (Wildman–Crippen LogP) is 11.3. The number of rotatable bonds is 5. The van der Waals surface area contributed by atoms with Crippen LogP contribution in [0.2, 0.25) is 0 Å². The Morgan fingerprint density at radius 3 is 2.08 bits per heavy atom. The van der Waals surface area contributed by atoms with E-state index in [-0.39, 0.29) is 25.5 Å². The summed E-state index contributed by atoms with van der Waals surface area (Å²) in [6.45, 7) is 6.59. The second-order valence-electron chi connectivity index (χ2n) is 12.2. The first-order valence-corrected chi connectivity index (χ1v) is 15.8. The fourth-order valence-corrected chi connectivity index (χ4v) is 5.96. The van der Waals surface area contributed by atoms with Crippen LogP contribution in [0.5, 0.6) is 0 Å². The molecule has 3 aromatic heterocycles. The molecule has 0 N–H and O–H groups in total. The van der Waals surface area contributed by atoms with Crippen LogP contribution in [-0.2, 0) is 25.5 Å². The largest absolute Gasteiger partial charge is 0.500 e. The first-order valence-electron chi connectivity index (χ1n) is 15.8. The Kier molecular flexibility index (Phi) is 9.77. The fourth-order valence-electron chi connectivity index (χ4n) is 5.96. The third-order valence-electron chi connectivity index (χ3n) is 8.74. The van der Waals surface area contributed by atoms with Gasteiger partial charge in [0.2, 0.25) is 0 Å². The summed E-state index contributed by atoms with van der Waals surface area (Å²) in [7, 11) is 0. The number of aromatic nitrogens is 2. The minimum absolute atomic E-state index is 0. The van der Waals surface area contributed by atoms with Crippen LogP contribution in [0, 0.1) is 19.1 Å². The number of fused-ring (bicyclic) bond motifs is 3. The second-order valence-corrected chi connectivity index (χ2v) is 12.2. The number of hydrogen-bond donors (Lipinski definition) is 0. The van der Waals surface area contributed by atoms with Gasteiger partial charge >= 0.3 is 0 Å². The molecule has 48 heavy (non-hydrogen) atoms. The number of benzene rings is 5. The first kappa shape index (κ1) is 32.8. The number of para-hydroxylation sites is 1. The number of aryl methyl sites for hydroxylation is 1. The third-order valence-corrected chi connectivity index (χ3v) is 8.74. The maximum absolute atomic E-state index is 5.93. The molecule has 5 aromatic carbocycles. The molecule has 0 saturated heterocycles. The Morgan fingerprint density at radius 1 is 0.604 bits per heavy atom. The minimum Gasteiger partial charge on any atom is -0.500 e. The zero-order valence-electron chi connectivity index (χ0n) is 27.1. The normalized spacial score (nSPS) is 11.1. The molecule has 0 bridgehead atoms. The Balaban J connectivity index is 0.000000176. The fraction of sp³-hybridized carbons (Fsp3) is 0.0909. The topological polar surface area (TPSA) is 38.9 Å². The van der Waals surface area contributed by atoms with Gasteiger partial charge in [0.05, 0.1) is 5.58 Å². The number of hydrogen-bond acceptors (Lipinski definition) is 3. The van der Waals surface area contributed by atoms with Crippen LogP contribution in [0.1, 0.15) is 30.5 Å². The van der Waals surface area contributed by atoms with Crippen molar-refractivity contribution >= 4 is 21.9 Å². The summed E-state index contributed by atoms with van der Waals surface area (Å²) < 4.78 is 5.93. The molecule has 8 rings (SSSR count). The molecule has 0 unspecified atom stereocenters. The SMILES string of the molecule is CC(C)(c1ccccc1)c1ccnc(-c2[c-]cc3oc4ccccc4c3c2)c1.Cc1cnc(-c2[c-]cccc2)cc1-c1ccccc1.[Ir]. The smallest absolute Gasteiger partial charge is 0.120 e. The number of furan rings is 1. The van der Waals surface area contributed by atoms with Crippen LogP contribution in [0.3, 0.4) is 0 Å². The van der Waals surface area contributed by atoms with Gasteiger partial charge in [-0.2, -0.15) is 0 Å². The number of nitrogens with zero attached hydrogens (tertiary/aromatic N) is 2. The van der Waals surface area contributed by atoms with E-state index in [9.17, 15) is 0 Å². The minimum atomic E-state index is -0.106. The van der Waals surface area contributed by atoms with Crippen LogP contribution in [0.25, 0.3) is 55.6 Å². The molecule has 3 heterocycles. The van der Waals surface area contributed by atoms with Gasteiger partial charge in [-0.15, -0.1) is 59.7 Å². The zero-order valence-corrected chi connectivity index (χ0v) is 29.5. The van der Waals surface area contributed by atoms with E-state index in [1.807, 2.05) is 67.0 Å². The Hall–Kier alpha value is -5.15. The van der Waals surface area contributed by atoms with Gasteiger partial charge in [-0.3, -0.25) is 0 Å². The molecule has 0 spiro atoms. The standard InChI is InChI=1S/C26H20NO.C18H14N.Ir/c1-26(2,19-8-4-3-5-9-19)20-14-15-27-23(17-20)18-12-13-25-22(16-18)21-10-6-7-11-24(21)28-25;1-14-13-19-18(16-10-6-3-7-11-16)12-17(14)15-8-4-2-5-9-15;/h3-11,13-17H,1-2H3;2-10,12-13H,1H3;/q2*-1;. The molecule has 4 heteroatoms. The van der Waals surface area contributed by atoms with Crippen molar-refractivity contribution in [1.29, 1.82) is 0 Å². The van der Waals surface area contributed by atoms with E-state index in [2.05, 4.69) is 128 Å². The molecule has 0 amide bonds. The molecular formula is C44H34IrN2O-2. The van der Waals surface area contributed by atoms with Crippen molar-refractivity contribution in [3.8, 4) is 33.6 Å². The molecule has 0 atom stereocenters. The zero-order chi connectivity index (χ0) is 32.2. The Bertz CT molecular complexity index is 2280. The summed E-state index contributed by atoms with van der Waals surface area (Å²) in [5.74, 6) is 0. The monoisotopic (exact) mass is 799 g/mol. The van der Waals surface area contributed by atoms with Crippen molar-refractivity contribution in [3.05, 3.63) is 181 Å². The van der Waals surface area contributed by atoms with Crippen molar-refractivity contribution in [2.45, 2.75) is 26.2 Å². The van der Waals surface area contributed by atoms with Crippen molar-refractivity contribution in [2.24, 2.45) is 0 Å². The van der Waals surface area contributed by atoms with Crippen molar-refractivity contribution in [2.75, 3.05) is 0 Å². The molecule has 0 aliphatic carbocycles. The molecule has 0 aliphatic heterocycles. The summed E-state index contributed by atoms with van der Waals surface area (Å²) in [4.78, 5) is 9.13. The molecule has 3 nitrogen and oxygen atoms in total. The Labute approximate surface area is 295 Å². The molecular weight excluding hydrogens is 765 g/mol. The van der Waals surface area contributed by atoms with Gasteiger partial charge in [-0.05, 0) is 58.3 Å². The predicted molar refractivity (Wildman–Crippen MR) is 193 cm³/mol. The van der Waals surface area contributed by atoms with E-state index < -0.39 is 0 Å². The quantitative estimate of drug-likeness (QED) is 0.163. The summed E-state index contributed by atoms with van der Waals surface area (Å²) in [6, 6.07) is 54.1. The molecule has 0 saturated carbocycles. The summed E-state index contributed by atoms with van der Waals surface area (Å²) in [5.41, 5.74) is 11.7. The molecule has 0 aliphatic rings. The average molecular weight is 799 g/mol. The maximum atomic E-state index is 5.93. The summed E-state index contributed by atoms with van der Waals surface area (Å²) in [6.07, 6.45) is 3.82. The van der Waals surface area contributed by atoms with E-state index in [0.717, 1.165) is 44.5 Å². The van der Waals surface area contributed by atoms with E-state index >= 15 is 0 Å². The van der Waals surface area contributed by atoms with Gasteiger partial charge in [-0.25, -0.2) is 0 Å². The average Bonchev–Trinajstić information content (AvgIpc) is 3.51. The van der Waals surface area contributed by atoms with E-state index in [0.29, 0.717) is 0 Å². The summed E-state index contributed by atoms with van der Waals surface area (Å²) in [5, 5.41) is 2.22. The first-order chi connectivity index (χ1) is 23.0. The molecule has 1 radical (unpaired) electrons. The van der Waals surface area contributed by atoms with Gasteiger partial charge in [0.1, 0.15) is 5.58 Å². The maximum Gasteiger partial charge on any atom is 0.120 e. The summed E-state index contributed by atoms with van der Waals surface area (Å²) >= 11 is 0. The van der Waals surface area contributed by atoms with Gasteiger partial charge in [0.15, 0.2) is 0 Å². The number of pyridine rings is 2. The van der Waals surface area contributed by atoms with Gasteiger partial charge in [0, 0.05) is 43.3 Å². The third kappa shape index (κ3) is 6.78. The van der Waals surface area contributed by atoms with Crippen LogP contribution >= 0.6 is 0 Å². The molecule has 0 fully saturated rings. The van der Waals surface area contributed by atoms with Crippen LogP contribution in [0.4, 0.5) is 0 Å². The van der Waals surface area contributed by atoms with E-state index in [4.69, 9.17) is 4.42 Å². The van der Waals surface area contributed by atoms with E-state index in [1.165, 1.54) is 27.8 Å². The van der Waals surface area contributed by atoms with Crippen molar-refractivity contribution in [1.82, 2.24) is 9.97 Å². The van der Waals surface area contributed by atoms with Gasteiger partial charge in [0.25, 0.3) is 0 Å². The van der Waals surface area contributed by atoms with Gasteiger partial charge < -0.3 is 14.4 Å². The molecule has 237 valence electrons. The second kappa shape index (κ2) is 14.3. The van der Waals surface area contributed by atoms with Crippen LogP contribution in [-0.4, -0.2) is 9.97 Å². The Morgan fingerprint density at radius 2 is 1.31 bits per heavy atom. The van der Waals surface area contributed by atoms with E-state index in [1.54, 1.807) is 0 Å². The van der Waals surface area contributed by atoms with Crippen LogP contribution < -0.4 is 0 Å². The van der Waals surface area contributed by atoms with Gasteiger partial charge in [-0.1, -0.05) is 110 Å².